The van der Waals surface area contributed by atoms with Gasteiger partial charge in [-0.25, -0.2) is 4.98 Å². The summed E-state index contributed by atoms with van der Waals surface area (Å²) in [5.74, 6) is 1.27. The molecule has 15 heavy (non-hydrogen) atoms. The van der Waals surface area contributed by atoms with Crippen LogP contribution in [0.2, 0.25) is 0 Å². The Bertz CT molecular complexity index is 338. The Morgan fingerprint density at radius 3 is 2.13 bits per heavy atom. The van der Waals surface area contributed by atoms with Crippen LogP contribution in [0, 0.1) is 0 Å². The maximum Gasteiger partial charge on any atom is 0.257 e. The number of aromatic nitrogens is 1. The molecule has 1 N–H and O–H groups in total. The van der Waals surface area contributed by atoms with Gasteiger partial charge in [0, 0.05) is 6.07 Å². The molecule has 0 aliphatic carbocycles. The lowest BCUT2D eigenvalue weighted by molar-refractivity contribution is 0.186. The SMILES string of the molecule is COc1cc(OC)c(C(C)O)nc1OC. The molecule has 1 aromatic rings. The van der Waals surface area contributed by atoms with E-state index >= 15 is 0 Å². The molecule has 0 saturated carbocycles. The monoisotopic (exact) mass is 213 g/mol. The van der Waals surface area contributed by atoms with Crippen molar-refractivity contribution in [3.8, 4) is 17.4 Å². The maximum absolute atomic E-state index is 9.48. The first-order valence-corrected chi connectivity index (χ1v) is 4.49. The second-order valence-electron chi connectivity index (χ2n) is 2.96. The van der Waals surface area contributed by atoms with Crippen molar-refractivity contribution < 1.29 is 19.3 Å². The van der Waals surface area contributed by atoms with Crippen LogP contribution >= 0.6 is 0 Å². The number of methoxy groups -OCH3 is 3. The summed E-state index contributed by atoms with van der Waals surface area (Å²) < 4.78 is 15.2. The normalized spacial score (nSPS) is 12.1. The third-order valence-electron chi connectivity index (χ3n) is 1.98. The molecule has 84 valence electrons. The van der Waals surface area contributed by atoms with E-state index in [4.69, 9.17) is 14.2 Å². The first-order valence-electron chi connectivity index (χ1n) is 4.49. The van der Waals surface area contributed by atoms with Crippen LogP contribution in [-0.4, -0.2) is 31.4 Å². The van der Waals surface area contributed by atoms with Crippen LogP contribution in [-0.2, 0) is 0 Å². The van der Waals surface area contributed by atoms with Crippen LogP contribution in [0.25, 0.3) is 0 Å². The minimum absolute atomic E-state index is 0.328. The largest absolute Gasteiger partial charge is 0.495 e. The number of aliphatic hydroxyl groups is 1. The highest BCUT2D eigenvalue weighted by Crippen LogP contribution is 2.33. The molecular weight excluding hydrogens is 198 g/mol. The van der Waals surface area contributed by atoms with Crippen LogP contribution in [0.1, 0.15) is 18.7 Å². The van der Waals surface area contributed by atoms with E-state index in [1.165, 1.54) is 21.3 Å². The van der Waals surface area contributed by atoms with Crippen molar-refractivity contribution in [1.82, 2.24) is 4.98 Å². The number of nitrogens with zero attached hydrogens (tertiary/aromatic N) is 1. The number of hydrogen-bond acceptors (Lipinski definition) is 5. The van der Waals surface area contributed by atoms with Crippen molar-refractivity contribution >= 4 is 0 Å². The summed E-state index contributed by atoms with van der Waals surface area (Å²) in [5.41, 5.74) is 0.426. The first-order chi connectivity index (χ1) is 7.13. The highest BCUT2D eigenvalue weighted by Gasteiger charge is 2.16. The second kappa shape index (κ2) is 4.84. The molecule has 5 heteroatoms. The van der Waals surface area contributed by atoms with E-state index < -0.39 is 6.10 Å². The lowest BCUT2D eigenvalue weighted by Gasteiger charge is -2.14. The van der Waals surface area contributed by atoms with Crippen LogP contribution in [0.5, 0.6) is 17.4 Å². The predicted octanol–water partition coefficient (Wildman–Crippen LogP) is 1.16. The van der Waals surface area contributed by atoms with E-state index in [0.717, 1.165) is 0 Å². The van der Waals surface area contributed by atoms with Gasteiger partial charge in [0.15, 0.2) is 5.75 Å². The van der Waals surface area contributed by atoms with Gasteiger partial charge in [-0.3, -0.25) is 0 Å². The van der Waals surface area contributed by atoms with Crippen LogP contribution < -0.4 is 14.2 Å². The van der Waals surface area contributed by atoms with Gasteiger partial charge >= 0.3 is 0 Å². The number of hydrogen-bond donors (Lipinski definition) is 1. The molecule has 1 unspecified atom stereocenters. The lowest BCUT2D eigenvalue weighted by atomic mass is 10.2. The van der Waals surface area contributed by atoms with Gasteiger partial charge in [0.05, 0.1) is 27.4 Å². The molecule has 0 bridgehead atoms. The third kappa shape index (κ3) is 2.30. The van der Waals surface area contributed by atoms with Crippen molar-refractivity contribution in [2.45, 2.75) is 13.0 Å². The molecule has 0 radical (unpaired) electrons. The van der Waals surface area contributed by atoms with Gasteiger partial charge in [0.25, 0.3) is 5.88 Å². The second-order valence-corrected chi connectivity index (χ2v) is 2.96. The van der Waals surface area contributed by atoms with Gasteiger partial charge < -0.3 is 19.3 Å². The van der Waals surface area contributed by atoms with Crippen molar-refractivity contribution in [3.05, 3.63) is 11.8 Å². The minimum atomic E-state index is -0.722. The number of ether oxygens (including phenoxy) is 3. The van der Waals surface area contributed by atoms with Gasteiger partial charge in [-0.1, -0.05) is 0 Å². The van der Waals surface area contributed by atoms with Crippen molar-refractivity contribution in [2.75, 3.05) is 21.3 Å². The molecule has 1 rings (SSSR count). The zero-order valence-electron chi connectivity index (χ0n) is 9.27. The maximum atomic E-state index is 9.48. The lowest BCUT2D eigenvalue weighted by Crippen LogP contribution is -2.03. The Labute approximate surface area is 88.6 Å². The molecule has 1 atom stereocenters. The average molecular weight is 213 g/mol. The van der Waals surface area contributed by atoms with Gasteiger partial charge in [0.2, 0.25) is 0 Å². The summed E-state index contributed by atoms with van der Waals surface area (Å²) in [6.45, 7) is 1.61. The molecule has 1 heterocycles. The molecule has 0 aliphatic rings. The molecule has 0 saturated heterocycles. The van der Waals surface area contributed by atoms with Crippen molar-refractivity contribution in [3.63, 3.8) is 0 Å². The van der Waals surface area contributed by atoms with Crippen LogP contribution in [0.15, 0.2) is 6.07 Å². The molecular formula is C10H15NO4. The predicted molar refractivity (Wildman–Crippen MR) is 54.5 cm³/mol. The van der Waals surface area contributed by atoms with E-state index in [1.807, 2.05) is 0 Å². The van der Waals surface area contributed by atoms with E-state index in [0.29, 0.717) is 23.1 Å². The highest BCUT2D eigenvalue weighted by atomic mass is 16.5. The summed E-state index contributed by atoms with van der Waals surface area (Å²) in [4.78, 5) is 4.11. The summed E-state index contributed by atoms with van der Waals surface area (Å²) in [6.07, 6.45) is -0.722. The Morgan fingerprint density at radius 1 is 1.13 bits per heavy atom. The molecule has 0 amide bonds. The number of aliphatic hydroxyl groups excluding tert-OH is 1. The topological polar surface area (TPSA) is 60.8 Å². The molecule has 0 fully saturated rings. The van der Waals surface area contributed by atoms with Gasteiger partial charge in [-0.2, -0.15) is 0 Å². The van der Waals surface area contributed by atoms with E-state index in [9.17, 15) is 5.11 Å². The summed E-state index contributed by atoms with van der Waals surface area (Å²) in [7, 11) is 4.51. The fourth-order valence-corrected chi connectivity index (χ4v) is 1.23. The molecule has 5 nitrogen and oxygen atoms in total. The molecule has 1 aromatic heterocycles. The molecule has 0 spiro atoms. The average Bonchev–Trinajstić information content (AvgIpc) is 2.26. The summed E-state index contributed by atoms with van der Waals surface area (Å²) in [5, 5.41) is 9.48. The Morgan fingerprint density at radius 2 is 1.73 bits per heavy atom. The summed E-state index contributed by atoms with van der Waals surface area (Å²) >= 11 is 0. The van der Waals surface area contributed by atoms with E-state index in [-0.39, 0.29) is 0 Å². The third-order valence-corrected chi connectivity index (χ3v) is 1.98. The number of pyridine rings is 1. The molecule has 0 aromatic carbocycles. The fraction of sp³-hybridized carbons (Fsp3) is 0.500. The van der Waals surface area contributed by atoms with Crippen molar-refractivity contribution in [1.29, 1.82) is 0 Å². The van der Waals surface area contributed by atoms with Crippen LogP contribution in [0.4, 0.5) is 0 Å². The van der Waals surface area contributed by atoms with E-state index in [1.54, 1.807) is 13.0 Å². The van der Waals surface area contributed by atoms with E-state index in [2.05, 4.69) is 4.98 Å². The van der Waals surface area contributed by atoms with Gasteiger partial charge in [-0.15, -0.1) is 0 Å². The Kier molecular flexibility index (Phi) is 3.74. The Hall–Kier alpha value is -1.49. The summed E-state index contributed by atoms with van der Waals surface area (Å²) in [6, 6.07) is 1.63. The Balaban J connectivity index is 3.27. The highest BCUT2D eigenvalue weighted by molar-refractivity contribution is 5.44. The zero-order valence-corrected chi connectivity index (χ0v) is 9.27. The minimum Gasteiger partial charge on any atom is -0.495 e. The van der Waals surface area contributed by atoms with Crippen molar-refractivity contribution in [2.24, 2.45) is 0 Å². The smallest absolute Gasteiger partial charge is 0.257 e. The first kappa shape index (κ1) is 11.6. The zero-order chi connectivity index (χ0) is 11.4. The van der Waals surface area contributed by atoms with Gasteiger partial charge in [-0.05, 0) is 6.92 Å². The van der Waals surface area contributed by atoms with Gasteiger partial charge in [0.1, 0.15) is 11.4 Å². The fourth-order valence-electron chi connectivity index (χ4n) is 1.23. The standard InChI is InChI=1S/C10H15NO4/c1-6(12)9-7(13-2)5-8(14-3)10(11-9)15-4/h5-6,12H,1-4H3. The number of rotatable bonds is 4. The van der Waals surface area contributed by atoms with Crippen LogP contribution in [0.3, 0.4) is 0 Å². The quantitative estimate of drug-likeness (QED) is 0.813. The molecule has 0 aliphatic heterocycles.